The lowest BCUT2D eigenvalue weighted by Crippen LogP contribution is -2.16. The van der Waals surface area contributed by atoms with E-state index in [1.807, 2.05) is 25.1 Å². The van der Waals surface area contributed by atoms with Gasteiger partial charge in [0.15, 0.2) is 0 Å². The Hall–Kier alpha value is -3.46. The van der Waals surface area contributed by atoms with Crippen LogP contribution in [0.1, 0.15) is 21.5 Å². The van der Waals surface area contributed by atoms with Gasteiger partial charge in [-0.05, 0) is 36.8 Å². The maximum atomic E-state index is 13.7. The minimum Gasteiger partial charge on any atom is -0.366 e. The molecule has 120 valence electrons. The fourth-order valence-corrected chi connectivity index (χ4v) is 1.97. The van der Waals surface area contributed by atoms with Crippen molar-refractivity contribution in [3.63, 3.8) is 0 Å². The van der Waals surface area contributed by atoms with Gasteiger partial charge < -0.3 is 11.1 Å². The van der Waals surface area contributed by atoms with Crippen molar-refractivity contribution < 1.29 is 14.0 Å². The lowest BCUT2D eigenvalue weighted by atomic mass is 10.1. The zero-order valence-electron chi connectivity index (χ0n) is 12.8. The number of nitrogens with one attached hydrogen (secondary N) is 1. The molecule has 0 atom stereocenters. The number of hydrogen-bond acceptors (Lipinski definition) is 3. The lowest BCUT2D eigenvalue weighted by Gasteiger charge is -2.06. The van der Waals surface area contributed by atoms with Gasteiger partial charge in [-0.1, -0.05) is 29.8 Å². The highest BCUT2D eigenvalue weighted by Crippen LogP contribution is 2.16. The van der Waals surface area contributed by atoms with E-state index >= 15 is 0 Å². The molecule has 2 aromatic rings. The summed E-state index contributed by atoms with van der Waals surface area (Å²) in [5.74, 6) is -2.42. The summed E-state index contributed by atoms with van der Waals surface area (Å²) in [6.07, 6.45) is 1.43. The molecule has 0 saturated carbocycles. The minimum atomic E-state index is -0.901. The first kappa shape index (κ1) is 16.9. The topological polar surface area (TPSA) is 96.0 Å². The summed E-state index contributed by atoms with van der Waals surface area (Å²) in [6, 6.07) is 12.6. The van der Waals surface area contributed by atoms with Crippen molar-refractivity contribution in [3.05, 3.63) is 70.5 Å². The molecule has 2 amide bonds. The molecule has 0 unspecified atom stereocenters. The number of nitrogens with zero attached hydrogens (tertiary/aromatic N) is 1. The number of benzene rings is 2. The second kappa shape index (κ2) is 7.20. The SMILES string of the molecule is Cc1ccc(C=C(C#N)C(=O)Nc2ccc(C(N)=O)c(F)c2)cc1. The summed E-state index contributed by atoms with van der Waals surface area (Å²) >= 11 is 0. The monoisotopic (exact) mass is 323 g/mol. The number of anilines is 1. The van der Waals surface area contributed by atoms with Crippen molar-refractivity contribution in [3.8, 4) is 6.07 Å². The molecule has 3 N–H and O–H groups in total. The molecule has 24 heavy (non-hydrogen) atoms. The van der Waals surface area contributed by atoms with E-state index in [0.717, 1.165) is 11.6 Å². The first-order valence-corrected chi connectivity index (χ1v) is 7.00. The summed E-state index contributed by atoms with van der Waals surface area (Å²) in [5.41, 5.74) is 6.48. The second-order valence-electron chi connectivity index (χ2n) is 5.09. The van der Waals surface area contributed by atoms with Crippen molar-refractivity contribution in [2.75, 3.05) is 5.32 Å². The van der Waals surface area contributed by atoms with Gasteiger partial charge in [-0.2, -0.15) is 5.26 Å². The third-order valence-electron chi connectivity index (χ3n) is 3.25. The molecular formula is C18H14FN3O2. The molecule has 0 radical (unpaired) electrons. The van der Waals surface area contributed by atoms with Crippen LogP contribution in [0.5, 0.6) is 0 Å². The Morgan fingerprint density at radius 3 is 2.42 bits per heavy atom. The number of hydrogen-bond donors (Lipinski definition) is 2. The molecule has 5 nitrogen and oxygen atoms in total. The lowest BCUT2D eigenvalue weighted by molar-refractivity contribution is -0.112. The van der Waals surface area contributed by atoms with Crippen LogP contribution in [0.3, 0.4) is 0 Å². The quantitative estimate of drug-likeness (QED) is 0.669. The molecular weight excluding hydrogens is 309 g/mol. The van der Waals surface area contributed by atoms with E-state index in [1.165, 1.54) is 18.2 Å². The van der Waals surface area contributed by atoms with Crippen molar-refractivity contribution in [2.24, 2.45) is 5.73 Å². The molecule has 0 spiro atoms. The van der Waals surface area contributed by atoms with Crippen molar-refractivity contribution in [1.29, 1.82) is 5.26 Å². The molecule has 2 aromatic carbocycles. The number of carbonyl (C=O) groups is 2. The third-order valence-corrected chi connectivity index (χ3v) is 3.25. The largest absolute Gasteiger partial charge is 0.366 e. The summed E-state index contributed by atoms with van der Waals surface area (Å²) in [6.45, 7) is 1.93. The van der Waals surface area contributed by atoms with Gasteiger partial charge >= 0.3 is 0 Å². The molecule has 0 aliphatic rings. The molecule has 0 aliphatic heterocycles. The van der Waals surface area contributed by atoms with Gasteiger partial charge in [0.05, 0.1) is 5.56 Å². The first-order chi connectivity index (χ1) is 11.4. The third kappa shape index (κ3) is 4.05. The predicted octanol–water partition coefficient (Wildman–Crippen LogP) is 2.78. The summed E-state index contributed by atoms with van der Waals surface area (Å²) in [5, 5.41) is 11.6. The number of nitrogens with two attached hydrogens (primary N) is 1. The van der Waals surface area contributed by atoms with Gasteiger partial charge in [0, 0.05) is 5.69 Å². The van der Waals surface area contributed by atoms with E-state index < -0.39 is 17.6 Å². The minimum absolute atomic E-state index is 0.118. The Morgan fingerprint density at radius 2 is 1.88 bits per heavy atom. The predicted molar refractivity (Wildman–Crippen MR) is 88.3 cm³/mol. The van der Waals surface area contributed by atoms with E-state index in [9.17, 15) is 14.0 Å². The normalized spacial score (nSPS) is 10.8. The van der Waals surface area contributed by atoms with Crippen molar-refractivity contribution >= 4 is 23.6 Å². The molecule has 0 bridgehead atoms. The number of aryl methyl sites for hydroxylation is 1. The van der Waals surface area contributed by atoms with Gasteiger partial charge in [0.1, 0.15) is 17.5 Å². The van der Waals surface area contributed by atoms with Gasteiger partial charge in [-0.25, -0.2) is 4.39 Å². The molecule has 0 saturated heterocycles. The van der Waals surface area contributed by atoms with E-state index in [1.54, 1.807) is 12.1 Å². The van der Waals surface area contributed by atoms with Crippen molar-refractivity contribution in [2.45, 2.75) is 6.92 Å². The molecule has 0 heterocycles. The summed E-state index contributed by atoms with van der Waals surface area (Å²) in [4.78, 5) is 23.1. The van der Waals surface area contributed by atoms with E-state index in [2.05, 4.69) is 5.32 Å². The van der Waals surface area contributed by atoms with Gasteiger partial charge in [-0.3, -0.25) is 9.59 Å². The average Bonchev–Trinajstić information content (AvgIpc) is 2.54. The van der Waals surface area contributed by atoms with Crippen molar-refractivity contribution in [1.82, 2.24) is 0 Å². The van der Waals surface area contributed by atoms with Crippen LogP contribution < -0.4 is 11.1 Å². The van der Waals surface area contributed by atoms with E-state index in [-0.39, 0.29) is 16.8 Å². The fraction of sp³-hybridized carbons (Fsp3) is 0.0556. The Bertz CT molecular complexity index is 865. The molecule has 0 aromatic heterocycles. The number of amides is 2. The molecule has 0 fully saturated rings. The summed E-state index contributed by atoms with van der Waals surface area (Å²) < 4.78 is 13.7. The van der Waals surface area contributed by atoms with Gasteiger partial charge in [-0.15, -0.1) is 0 Å². The standard InChI is InChI=1S/C18H14FN3O2/c1-11-2-4-12(5-3-11)8-13(10-20)18(24)22-14-6-7-15(17(21)23)16(19)9-14/h2-9H,1H3,(H2,21,23)(H,22,24). The number of halogens is 1. The first-order valence-electron chi connectivity index (χ1n) is 7.00. The number of nitriles is 1. The average molecular weight is 323 g/mol. The van der Waals surface area contributed by atoms with Gasteiger partial charge in [0.25, 0.3) is 11.8 Å². The highest BCUT2D eigenvalue weighted by atomic mass is 19.1. The Labute approximate surface area is 138 Å². The maximum absolute atomic E-state index is 13.7. The number of rotatable bonds is 4. The van der Waals surface area contributed by atoms with Gasteiger partial charge in [0.2, 0.25) is 0 Å². The smallest absolute Gasteiger partial charge is 0.266 e. The van der Waals surface area contributed by atoms with Crippen LogP contribution in [0.15, 0.2) is 48.0 Å². The zero-order valence-corrected chi connectivity index (χ0v) is 12.8. The number of primary amides is 1. The Kier molecular flexibility index (Phi) is 5.07. The van der Waals surface area contributed by atoms with Crippen LogP contribution in [0.2, 0.25) is 0 Å². The van der Waals surface area contributed by atoms with E-state index in [4.69, 9.17) is 11.0 Å². The second-order valence-corrected chi connectivity index (χ2v) is 5.09. The van der Waals surface area contributed by atoms with Crippen LogP contribution >= 0.6 is 0 Å². The fourth-order valence-electron chi connectivity index (χ4n) is 1.97. The van der Waals surface area contributed by atoms with Crippen LogP contribution in [-0.4, -0.2) is 11.8 Å². The molecule has 2 rings (SSSR count). The van der Waals surface area contributed by atoms with Crippen LogP contribution in [0.25, 0.3) is 6.08 Å². The highest BCUT2D eigenvalue weighted by molar-refractivity contribution is 6.09. The van der Waals surface area contributed by atoms with Crippen LogP contribution in [0.4, 0.5) is 10.1 Å². The Morgan fingerprint density at radius 1 is 1.21 bits per heavy atom. The zero-order chi connectivity index (χ0) is 17.7. The van der Waals surface area contributed by atoms with E-state index in [0.29, 0.717) is 5.56 Å². The molecule has 0 aliphatic carbocycles. The Balaban J connectivity index is 2.21. The maximum Gasteiger partial charge on any atom is 0.266 e. The molecule has 6 heteroatoms. The number of carbonyl (C=O) groups excluding carboxylic acids is 2. The van der Waals surface area contributed by atoms with Crippen LogP contribution in [0, 0.1) is 24.1 Å². The highest BCUT2D eigenvalue weighted by Gasteiger charge is 2.13. The van der Waals surface area contributed by atoms with Crippen LogP contribution in [-0.2, 0) is 4.79 Å². The summed E-state index contributed by atoms with van der Waals surface area (Å²) in [7, 11) is 0.